The van der Waals surface area contributed by atoms with Crippen LogP contribution in [0.5, 0.6) is 0 Å². The maximum atomic E-state index is 12.5. The van der Waals surface area contributed by atoms with Gasteiger partial charge in [-0.25, -0.2) is 4.98 Å². The van der Waals surface area contributed by atoms with E-state index < -0.39 is 11.7 Å². The van der Waals surface area contributed by atoms with E-state index in [-0.39, 0.29) is 11.9 Å². The Hall–Kier alpha value is -2.57. The van der Waals surface area contributed by atoms with Crippen LogP contribution in [0, 0.1) is 0 Å². The second-order valence-corrected chi connectivity index (χ2v) is 6.09. The lowest BCUT2D eigenvalue weighted by Gasteiger charge is -2.12. The van der Waals surface area contributed by atoms with Crippen LogP contribution in [-0.2, 0) is 6.18 Å². The van der Waals surface area contributed by atoms with Gasteiger partial charge in [0.25, 0.3) is 5.91 Å². The third kappa shape index (κ3) is 4.49. The highest BCUT2D eigenvalue weighted by Crippen LogP contribution is 2.30. The summed E-state index contributed by atoms with van der Waals surface area (Å²) < 4.78 is 37.6. The van der Waals surface area contributed by atoms with Crippen molar-refractivity contribution in [3.8, 4) is 0 Å². The van der Waals surface area contributed by atoms with Crippen molar-refractivity contribution >= 4 is 17.3 Å². The number of aromatic nitrogens is 1. The van der Waals surface area contributed by atoms with Crippen molar-refractivity contribution in [2.75, 3.05) is 5.32 Å². The second-order valence-electron chi connectivity index (χ2n) is 6.09. The van der Waals surface area contributed by atoms with E-state index in [0.29, 0.717) is 17.1 Å². The molecule has 4 nitrogen and oxygen atoms in total. The molecule has 7 heteroatoms. The summed E-state index contributed by atoms with van der Waals surface area (Å²) in [4.78, 5) is 16.2. The molecule has 132 valence electrons. The molecule has 0 bridgehead atoms. The second kappa shape index (κ2) is 7.13. The highest BCUT2D eigenvalue weighted by atomic mass is 19.4. The Morgan fingerprint density at radius 2 is 1.64 bits per heavy atom. The Bertz CT molecular complexity index is 721. The fraction of sp³-hybridized carbons (Fsp3) is 0.333. The molecule has 0 saturated heterocycles. The Morgan fingerprint density at radius 1 is 1.00 bits per heavy atom. The first-order valence-electron chi connectivity index (χ1n) is 8.13. The molecule has 0 unspecified atom stereocenters. The number of halogens is 3. The summed E-state index contributed by atoms with van der Waals surface area (Å²) >= 11 is 0. The van der Waals surface area contributed by atoms with E-state index >= 15 is 0 Å². The molecule has 0 atom stereocenters. The van der Waals surface area contributed by atoms with Crippen molar-refractivity contribution < 1.29 is 18.0 Å². The van der Waals surface area contributed by atoms with Gasteiger partial charge in [0.2, 0.25) is 0 Å². The first-order chi connectivity index (χ1) is 11.9. The summed E-state index contributed by atoms with van der Waals surface area (Å²) in [6.07, 6.45) is 1.40. The number of rotatable bonds is 4. The van der Waals surface area contributed by atoms with Crippen molar-refractivity contribution in [1.29, 1.82) is 0 Å². The predicted molar refractivity (Wildman–Crippen MR) is 88.7 cm³/mol. The quantitative estimate of drug-likeness (QED) is 0.853. The zero-order valence-corrected chi connectivity index (χ0v) is 13.4. The lowest BCUT2D eigenvalue weighted by atomic mass is 10.2. The van der Waals surface area contributed by atoms with Crippen molar-refractivity contribution in [2.24, 2.45) is 0 Å². The maximum Gasteiger partial charge on any atom is 0.416 e. The number of hydrogen-bond acceptors (Lipinski definition) is 3. The fourth-order valence-corrected chi connectivity index (χ4v) is 2.84. The van der Waals surface area contributed by atoms with Gasteiger partial charge in [0, 0.05) is 11.7 Å². The summed E-state index contributed by atoms with van der Waals surface area (Å²) in [7, 11) is 0. The van der Waals surface area contributed by atoms with Crippen molar-refractivity contribution in [1.82, 2.24) is 10.3 Å². The van der Waals surface area contributed by atoms with Gasteiger partial charge in [0.05, 0.1) is 17.4 Å². The SMILES string of the molecule is O=C(NC1CCCC1)c1ccc(Nc2ccc(C(F)(F)F)cc2)cn1. The summed E-state index contributed by atoms with van der Waals surface area (Å²) in [5.74, 6) is -0.201. The van der Waals surface area contributed by atoms with Crippen molar-refractivity contribution in [2.45, 2.75) is 37.9 Å². The molecule has 1 aliphatic rings. The van der Waals surface area contributed by atoms with Crippen molar-refractivity contribution in [3.63, 3.8) is 0 Å². The van der Waals surface area contributed by atoms with Gasteiger partial charge in [-0.15, -0.1) is 0 Å². The number of benzene rings is 1. The lowest BCUT2D eigenvalue weighted by Crippen LogP contribution is -2.33. The smallest absolute Gasteiger partial charge is 0.354 e. The molecule has 2 N–H and O–H groups in total. The topological polar surface area (TPSA) is 54.0 Å². The molecule has 1 amide bonds. The summed E-state index contributed by atoms with van der Waals surface area (Å²) in [5, 5.41) is 5.92. The van der Waals surface area contributed by atoms with E-state index in [2.05, 4.69) is 15.6 Å². The van der Waals surface area contributed by atoms with Crippen LogP contribution in [0.4, 0.5) is 24.5 Å². The zero-order valence-electron chi connectivity index (χ0n) is 13.4. The van der Waals surface area contributed by atoms with Crippen LogP contribution in [-0.4, -0.2) is 16.9 Å². The molecule has 25 heavy (non-hydrogen) atoms. The molecular weight excluding hydrogens is 331 g/mol. The Labute approximate surface area is 143 Å². The summed E-state index contributed by atoms with van der Waals surface area (Å²) in [5.41, 5.74) is 0.732. The zero-order chi connectivity index (χ0) is 17.9. The largest absolute Gasteiger partial charge is 0.416 e. The first-order valence-corrected chi connectivity index (χ1v) is 8.13. The van der Waals surface area contributed by atoms with Crippen LogP contribution < -0.4 is 10.6 Å². The number of hydrogen-bond donors (Lipinski definition) is 2. The van der Waals surface area contributed by atoms with E-state index in [1.54, 1.807) is 12.1 Å². The maximum absolute atomic E-state index is 12.5. The lowest BCUT2D eigenvalue weighted by molar-refractivity contribution is -0.137. The third-order valence-corrected chi connectivity index (χ3v) is 4.19. The van der Waals surface area contributed by atoms with E-state index in [4.69, 9.17) is 0 Å². The average molecular weight is 349 g/mol. The minimum absolute atomic E-state index is 0.201. The molecule has 2 aromatic rings. The highest BCUT2D eigenvalue weighted by molar-refractivity contribution is 5.92. The van der Waals surface area contributed by atoms with Gasteiger partial charge in [0.1, 0.15) is 5.69 Å². The number of anilines is 2. The van der Waals surface area contributed by atoms with Crippen molar-refractivity contribution in [3.05, 3.63) is 53.9 Å². The number of pyridine rings is 1. The van der Waals surface area contributed by atoms with Gasteiger partial charge >= 0.3 is 6.18 Å². The number of nitrogens with zero attached hydrogens (tertiary/aromatic N) is 1. The van der Waals surface area contributed by atoms with Gasteiger partial charge in [-0.1, -0.05) is 12.8 Å². The molecule has 1 saturated carbocycles. The molecule has 1 aromatic carbocycles. The molecule has 3 rings (SSSR count). The molecule has 0 spiro atoms. The summed E-state index contributed by atoms with van der Waals surface area (Å²) in [6, 6.07) is 8.22. The fourth-order valence-electron chi connectivity index (χ4n) is 2.84. The number of nitrogens with one attached hydrogen (secondary N) is 2. The van der Waals surface area contributed by atoms with Gasteiger partial charge in [-0.2, -0.15) is 13.2 Å². The number of amides is 1. The van der Waals surface area contributed by atoms with Crippen LogP contribution in [0.25, 0.3) is 0 Å². The molecule has 1 aliphatic carbocycles. The third-order valence-electron chi connectivity index (χ3n) is 4.19. The summed E-state index contributed by atoms with van der Waals surface area (Å²) in [6.45, 7) is 0. The Morgan fingerprint density at radius 3 is 2.20 bits per heavy atom. The Balaban J connectivity index is 1.61. The van der Waals surface area contributed by atoms with E-state index in [1.165, 1.54) is 18.3 Å². The van der Waals surface area contributed by atoms with E-state index in [1.807, 2.05) is 0 Å². The first kappa shape index (κ1) is 17.3. The Kier molecular flexibility index (Phi) is 4.92. The molecule has 0 aliphatic heterocycles. The van der Waals surface area contributed by atoms with E-state index in [9.17, 15) is 18.0 Å². The average Bonchev–Trinajstić information content (AvgIpc) is 3.08. The number of carbonyl (C=O) groups is 1. The van der Waals surface area contributed by atoms with Crippen LogP contribution in [0.1, 0.15) is 41.7 Å². The van der Waals surface area contributed by atoms with Gasteiger partial charge in [-0.3, -0.25) is 4.79 Å². The molecule has 1 heterocycles. The number of carbonyl (C=O) groups excluding carboxylic acids is 1. The molecule has 0 radical (unpaired) electrons. The highest BCUT2D eigenvalue weighted by Gasteiger charge is 2.29. The molecule has 1 fully saturated rings. The standard InChI is InChI=1S/C18H18F3N3O/c19-18(20,21)12-5-7-14(8-6-12)23-15-9-10-16(22-11-15)17(25)24-13-3-1-2-4-13/h5-11,13,23H,1-4H2,(H,24,25). The van der Waals surface area contributed by atoms with Gasteiger partial charge in [0.15, 0.2) is 0 Å². The molecular formula is C18H18F3N3O. The van der Waals surface area contributed by atoms with Crippen LogP contribution in [0.3, 0.4) is 0 Å². The monoisotopic (exact) mass is 349 g/mol. The van der Waals surface area contributed by atoms with Gasteiger partial charge in [-0.05, 0) is 49.2 Å². The van der Waals surface area contributed by atoms with Gasteiger partial charge < -0.3 is 10.6 Å². The van der Waals surface area contributed by atoms with E-state index in [0.717, 1.165) is 37.8 Å². The normalized spacial score (nSPS) is 15.2. The minimum Gasteiger partial charge on any atom is -0.354 e. The molecule has 1 aromatic heterocycles. The number of alkyl halides is 3. The van der Waals surface area contributed by atoms with Crippen LogP contribution in [0.15, 0.2) is 42.6 Å². The minimum atomic E-state index is -4.35. The van der Waals surface area contributed by atoms with Crippen LogP contribution >= 0.6 is 0 Å². The van der Waals surface area contributed by atoms with Crippen LogP contribution in [0.2, 0.25) is 0 Å². The predicted octanol–water partition coefficient (Wildman–Crippen LogP) is 4.52.